The average molecular weight is 292 g/mol. The maximum atomic E-state index is 13.6. The van der Waals surface area contributed by atoms with E-state index in [0.29, 0.717) is 0 Å². The zero-order chi connectivity index (χ0) is 14.7. The molecule has 0 spiro atoms. The zero-order valence-corrected chi connectivity index (χ0v) is 11.8. The molecule has 104 valence electrons. The quantitative estimate of drug-likeness (QED) is 0.877. The molecule has 0 bridgehead atoms. The van der Waals surface area contributed by atoms with Crippen LogP contribution >= 0.6 is 12.2 Å². The third-order valence-corrected chi connectivity index (χ3v) is 3.26. The van der Waals surface area contributed by atoms with Crippen LogP contribution in [0.15, 0.2) is 42.5 Å². The van der Waals surface area contributed by atoms with Crippen molar-refractivity contribution in [1.29, 1.82) is 0 Å². The van der Waals surface area contributed by atoms with Gasteiger partial charge in [0.05, 0.1) is 0 Å². The Kier molecular flexibility index (Phi) is 4.29. The van der Waals surface area contributed by atoms with E-state index < -0.39 is 11.6 Å². The molecule has 0 heterocycles. The SMILES string of the molecule is CN(Cc1c(F)cccc1F)c1cccc(C(N)=S)c1. The van der Waals surface area contributed by atoms with Crippen molar-refractivity contribution in [2.24, 2.45) is 5.73 Å². The topological polar surface area (TPSA) is 29.3 Å². The lowest BCUT2D eigenvalue weighted by Crippen LogP contribution is -2.19. The van der Waals surface area contributed by atoms with Gasteiger partial charge in [-0.2, -0.15) is 0 Å². The van der Waals surface area contributed by atoms with E-state index in [1.54, 1.807) is 30.1 Å². The third-order valence-electron chi connectivity index (χ3n) is 3.03. The van der Waals surface area contributed by atoms with Crippen molar-refractivity contribution in [2.45, 2.75) is 6.54 Å². The van der Waals surface area contributed by atoms with E-state index in [2.05, 4.69) is 0 Å². The summed E-state index contributed by atoms with van der Waals surface area (Å²) in [6.45, 7) is 0.124. The minimum absolute atomic E-state index is 0.0377. The van der Waals surface area contributed by atoms with Crippen LogP contribution in [0.2, 0.25) is 0 Å². The molecule has 2 aromatic carbocycles. The Morgan fingerprint density at radius 3 is 2.35 bits per heavy atom. The maximum Gasteiger partial charge on any atom is 0.131 e. The summed E-state index contributed by atoms with van der Waals surface area (Å²) in [7, 11) is 1.75. The highest BCUT2D eigenvalue weighted by molar-refractivity contribution is 7.80. The smallest absolute Gasteiger partial charge is 0.131 e. The Morgan fingerprint density at radius 1 is 1.15 bits per heavy atom. The van der Waals surface area contributed by atoms with Gasteiger partial charge in [-0.25, -0.2) is 8.78 Å². The highest BCUT2D eigenvalue weighted by Gasteiger charge is 2.12. The number of halogens is 2. The van der Waals surface area contributed by atoms with E-state index in [1.807, 2.05) is 6.07 Å². The Hall–Kier alpha value is -2.01. The van der Waals surface area contributed by atoms with Gasteiger partial charge in [-0.15, -0.1) is 0 Å². The molecular formula is C15H14F2N2S. The number of thiocarbonyl (C=S) groups is 1. The van der Waals surface area contributed by atoms with Crippen molar-refractivity contribution in [3.63, 3.8) is 0 Å². The van der Waals surface area contributed by atoms with Crippen LogP contribution in [-0.2, 0) is 6.54 Å². The number of benzene rings is 2. The van der Waals surface area contributed by atoms with E-state index in [4.69, 9.17) is 18.0 Å². The molecule has 0 saturated heterocycles. The van der Waals surface area contributed by atoms with Crippen LogP contribution < -0.4 is 10.6 Å². The fourth-order valence-corrected chi connectivity index (χ4v) is 2.04. The first-order chi connectivity index (χ1) is 9.49. The molecule has 0 aliphatic heterocycles. The molecule has 0 aliphatic rings. The van der Waals surface area contributed by atoms with E-state index in [1.165, 1.54) is 18.2 Å². The molecule has 0 saturated carbocycles. The van der Waals surface area contributed by atoms with Crippen LogP contribution in [-0.4, -0.2) is 12.0 Å². The van der Waals surface area contributed by atoms with Gasteiger partial charge in [0.2, 0.25) is 0 Å². The molecule has 0 amide bonds. The third kappa shape index (κ3) is 3.11. The summed E-state index contributed by atoms with van der Waals surface area (Å²) >= 11 is 4.92. The molecule has 0 radical (unpaired) electrons. The monoisotopic (exact) mass is 292 g/mol. The number of hydrogen-bond acceptors (Lipinski definition) is 2. The van der Waals surface area contributed by atoms with Crippen molar-refractivity contribution in [3.05, 3.63) is 65.2 Å². The van der Waals surface area contributed by atoms with E-state index in [9.17, 15) is 8.78 Å². The normalized spacial score (nSPS) is 10.3. The Labute approximate surface area is 121 Å². The molecule has 2 nitrogen and oxygen atoms in total. The van der Waals surface area contributed by atoms with Crippen molar-refractivity contribution in [2.75, 3.05) is 11.9 Å². The van der Waals surface area contributed by atoms with E-state index in [0.717, 1.165) is 11.3 Å². The van der Waals surface area contributed by atoms with Gasteiger partial charge < -0.3 is 10.6 Å². The first-order valence-electron chi connectivity index (χ1n) is 6.03. The second-order valence-corrected chi connectivity index (χ2v) is 4.91. The number of anilines is 1. The Bertz CT molecular complexity index is 623. The van der Waals surface area contributed by atoms with Gasteiger partial charge in [-0.3, -0.25) is 0 Å². The summed E-state index contributed by atoms with van der Waals surface area (Å²) in [6.07, 6.45) is 0. The standard InChI is InChI=1S/C15H14F2N2S/c1-19(9-12-13(16)6-3-7-14(12)17)11-5-2-4-10(8-11)15(18)20/h2-8H,9H2,1H3,(H2,18,20). The number of nitrogens with zero attached hydrogens (tertiary/aromatic N) is 1. The van der Waals surface area contributed by atoms with Crippen molar-refractivity contribution in [1.82, 2.24) is 0 Å². The first-order valence-corrected chi connectivity index (χ1v) is 6.43. The van der Waals surface area contributed by atoms with E-state index in [-0.39, 0.29) is 17.1 Å². The lowest BCUT2D eigenvalue weighted by atomic mass is 10.1. The summed E-state index contributed by atoms with van der Waals surface area (Å²) in [4.78, 5) is 2.03. The summed E-state index contributed by atoms with van der Waals surface area (Å²) in [5, 5.41) is 0. The fourth-order valence-electron chi connectivity index (χ4n) is 1.91. The number of hydrogen-bond donors (Lipinski definition) is 1. The maximum absolute atomic E-state index is 13.6. The molecule has 2 N–H and O–H groups in total. The molecule has 0 fully saturated rings. The number of nitrogens with two attached hydrogens (primary N) is 1. The zero-order valence-electron chi connectivity index (χ0n) is 10.9. The second kappa shape index (κ2) is 5.96. The molecule has 0 aliphatic carbocycles. The van der Waals surface area contributed by atoms with Gasteiger partial charge in [0, 0.05) is 30.4 Å². The van der Waals surface area contributed by atoms with Gasteiger partial charge in [0.15, 0.2) is 0 Å². The minimum atomic E-state index is -0.553. The second-order valence-electron chi connectivity index (χ2n) is 4.47. The molecular weight excluding hydrogens is 278 g/mol. The molecule has 2 aromatic rings. The van der Waals surface area contributed by atoms with Crippen molar-refractivity contribution < 1.29 is 8.78 Å². The summed E-state index contributed by atoms with van der Waals surface area (Å²) in [5.41, 5.74) is 7.12. The van der Waals surface area contributed by atoms with Crippen LogP contribution in [0.4, 0.5) is 14.5 Å². The van der Waals surface area contributed by atoms with Gasteiger partial charge in [-0.1, -0.05) is 30.4 Å². The molecule has 2 rings (SSSR count). The largest absolute Gasteiger partial charge is 0.389 e. The van der Waals surface area contributed by atoms with Crippen LogP contribution in [0.5, 0.6) is 0 Å². The summed E-state index contributed by atoms with van der Waals surface area (Å²) < 4.78 is 27.3. The van der Waals surface area contributed by atoms with E-state index >= 15 is 0 Å². The lowest BCUT2D eigenvalue weighted by Gasteiger charge is -2.20. The van der Waals surface area contributed by atoms with Crippen molar-refractivity contribution in [3.8, 4) is 0 Å². The van der Waals surface area contributed by atoms with Crippen LogP contribution in [0, 0.1) is 11.6 Å². The number of rotatable bonds is 4. The van der Waals surface area contributed by atoms with Crippen LogP contribution in [0.1, 0.15) is 11.1 Å². The molecule has 5 heteroatoms. The Balaban J connectivity index is 2.26. The minimum Gasteiger partial charge on any atom is -0.389 e. The van der Waals surface area contributed by atoms with Gasteiger partial charge >= 0.3 is 0 Å². The molecule has 20 heavy (non-hydrogen) atoms. The highest BCUT2D eigenvalue weighted by atomic mass is 32.1. The first kappa shape index (κ1) is 14.4. The predicted molar refractivity (Wildman–Crippen MR) is 80.8 cm³/mol. The van der Waals surface area contributed by atoms with Crippen molar-refractivity contribution >= 4 is 22.9 Å². The summed E-state index contributed by atoms with van der Waals surface area (Å²) in [5.74, 6) is -1.11. The molecule has 0 aromatic heterocycles. The highest BCUT2D eigenvalue weighted by Crippen LogP contribution is 2.20. The summed E-state index contributed by atoms with van der Waals surface area (Å²) in [6, 6.07) is 11.1. The fraction of sp³-hybridized carbons (Fsp3) is 0.133. The van der Waals surface area contributed by atoms with Crippen LogP contribution in [0.3, 0.4) is 0 Å². The Morgan fingerprint density at radius 2 is 1.75 bits per heavy atom. The molecule has 0 atom stereocenters. The predicted octanol–water partition coefficient (Wildman–Crippen LogP) is 3.24. The lowest BCUT2D eigenvalue weighted by molar-refractivity contribution is 0.554. The van der Waals surface area contributed by atoms with Gasteiger partial charge in [-0.05, 0) is 24.3 Å². The average Bonchev–Trinajstić information content (AvgIpc) is 2.43. The van der Waals surface area contributed by atoms with Crippen LogP contribution in [0.25, 0.3) is 0 Å². The van der Waals surface area contributed by atoms with Gasteiger partial charge in [0.1, 0.15) is 16.6 Å². The molecule has 0 unspecified atom stereocenters. The van der Waals surface area contributed by atoms with Gasteiger partial charge in [0.25, 0.3) is 0 Å².